The number of esters is 2. The Labute approximate surface area is 361 Å². The lowest BCUT2D eigenvalue weighted by Crippen LogP contribution is -2.29. The molecule has 0 aromatic rings. The van der Waals surface area contributed by atoms with E-state index < -0.39 is 64.5 Å². The lowest BCUT2D eigenvalue weighted by Gasteiger charge is -2.20. The largest absolute Gasteiger partial charge is 0.472 e. The number of hydrogen-bond acceptors (Lipinski definition) is 10. The number of aliphatic hydroxyl groups excluding tert-OH is 3. The van der Waals surface area contributed by atoms with Crippen LogP contribution in [0.25, 0.3) is 0 Å². The van der Waals surface area contributed by atoms with Crippen LogP contribution in [0, 0.1) is 0 Å². The van der Waals surface area contributed by atoms with Gasteiger partial charge in [-0.2, -0.15) is 0 Å². The first kappa shape index (κ1) is 56.6. The topological polar surface area (TPSA) is 169 Å². The van der Waals surface area contributed by atoms with Gasteiger partial charge in [0.2, 0.25) is 0 Å². The zero-order valence-electron chi connectivity index (χ0n) is 36.5. The van der Waals surface area contributed by atoms with Crippen molar-refractivity contribution in [2.24, 2.45) is 0 Å². The van der Waals surface area contributed by atoms with Crippen molar-refractivity contribution >= 4 is 19.8 Å². The Bertz CT molecular complexity index is 1380. The minimum absolute atomic E-state index is 0.0270. The second-order valence-corrected chi connectivity index (χ2v) is 15.7. The Morgan fingerprint density at radius 3 is 1.62 bits per heavy atom. The van der Waals surface area contributed by atoms with Crippen LogP contribution in [0.2, 0.25) is 0 Å². The first-order valence-electron chi connectivity index (χ1n) is 22.0. The molecule has 0 amide bonds. The highest BCUT2D eigenvalue weighted by atomic mass is 31.2. The molecule has 0 saturated heterocycles. The van der Waals surface area contributed by atoms with Crippen LogP contribution >= 0.6 is 7.82 Å². The number of allylic oxidation sites excluding steroid dienone is 16. The van der Waals surface area contributed by atoms with Crippen molar-refractivity contribution in [1.29, 1.82) is 0 Å². The van der Waals surface area contributed by atoms with E-state index in [0.717, 1.165) is 44.9 Å². The van der Waals surface area contributed by atoms with Crippen molar-refractivity contribution < 1.29 is 52.9 Å². The Balaban J connectivity index is 4.61. The molecule has 60 heavy (non-hydrogen) atoms. The van der Waals surface area contributed by atoms with Crippen LogP contribution in [-0.2, 0) is 32.7 Å². The molecule has 0 heterocycles. The summed E-state index contributed by atoms with van der Waals surface area (Å²) in [5, 5.41) is 28.5. The number of aliphatic hydroxyl groups is 3. The van der Waals surface area contributed by atoms with Gasteiger partial charge < -0.3 is 29.7 Å². The van der Waals surface area contributed by atoms with E-state index in [-0.39, 0.29) is 12.8 Å². The van der Waals surface area contributed by atoms with Gasteiger partial charge in [0, 0.05) is 12.8 Å². The molecule has 0 aromatic heterocycles. The van der Waals surface area contributed by atoms with Crippen molar-refractivity contribution in [3.05, 3.63) is 109 Å². The molecule has 11 nitrogen and oxygen atoms in total. The Morgan fingerprint density at radius 2 is 1.07 bits per heavy atom. The number of phosphoric ester groups is 1. The predicted molar refractivity (Wildman–Crippen MR) is 243 cm³/mol. The summed E-state index contributed by atoms with van der Waals surface area (Å²) in [6.45, 7) is 2.04. The number of carbonyl (C=O) groups excluding carboxylic acids is 2. The lowest BCUT2D eigenvalue weighted by atomic mass is 10.2. The highest BCUT2D eigenvalue weighted by Gasteiger charge is 2.27. The van der Waals surface area contributed by atoms with Crippen molar-refractivity contribution in [3.8, 4) is 0 Å². The van der Waals surface area contributed by atoms with Crippen molar-refractivity contribution in [1.82, 2.24) is 0 Å². The molecule has 0 aliphatic rings. The molecule has 0 aromatic carbocycles. The van der Waals surface area contributed by atoms with Gasteiger partial charge in [0.1, 0.15) is 12.7 Å². The van der Waals surface area contributed by atoms with E-state index >= 15 is 0 Å². The Morgan fingerprint density at radius 1 is 0.567 bits per heavy atom. The second kappa shape index (κ2) is 42.3. The maximum absolute atomic E-state index is 12.6. The van der Waals surface area contributed by atoms with Crippen molar-refractivity contribution in [2.45, 2.75) is 154 Å². The summed E-state index contributed by atoms with van der Waals surface area (Å²) in [4.78, 5) is 34.9. The third kappa shape index (κ3) is 41.3. The SMILES string of the molecule is CCCCC/C=C\C/C=C\C/C=C\C/C=C\C/C=C\CCC(=O)OC[C@H](COP(=O)(O)OC[C@@H](O)CO)OC(=O)CCC/C=C/C=C\C(O)C/C=C\C/C=C\CCCCC. The van der Waals surface area contributed by atoms with Crippen LogP contribution in [0.1, 0.15) is 136 Å². The molecular formula is C48H77O11P. The first-order valence-corrected chi connectivity index (χ1v) is 23.4. The summed E-state index contributed by atoms with van der Waals surface area (Å²) in [6.07, 6.45) is 49.5. The number of hydrogen-bond donors (Lipinski definition) is 4. The average molecular weight is 861 g/mol. The molecule has 0 fully saturated rings. The van der Waals surface area contributed by atoms with E-state index in [9.17, 15) is 29.3 Å². The van der Waals surface area contributed by atoms with Crippen LogP contribution < -0.4 is 0 Å². The third-order valence-corrected chi connectivity index (χ3v) is 9.44. The number of phosphoric acid groups is 1. The van der Waals surface area contributed by atoms with Gasteiger partial charge in [-0.1, -0.05) is 149 Å². The van der Waals surface area contributed by atoms with Crippen LogP contribution in [-0.4, -0.2) is 76.9 Å². The molecule has 0 radical (unpaired) electrons. The van der Waals surface area contributed by atoms with Crippen LogP contribution in [0.15, 0.2) is 109 Å². The molecule has 0 spiro atoms. The molecule has 340 valence electrons. The molecule has 4 atom stereocenters. The van der Waals surface area contributed by atoms with Gasteiger partial charge in [0.05, 0.1) is 25.9 Å². The van der Waals surface area contributed by atoms with E-state index in [1.54, 1.807) is 18.2 Å². The smallest absolute Gasteiger partial charge is 0.462 e. The number of carbonyl (C=O) groups is 2. The van der Waals surface area contributed by atoms with Crippen molar-refractivity contribution in [2.75, 3.05) is 26.4 Å². The normalized spacial score (nSPS) is 15.4. The number of rotatable bonds is 39. The molecule has 2 unspecified atom stereocenters. The fourth-order valence-corrected chi connectivity index (χ4v) is 5.84. The molecule has 0 bridgehead atoms. The van der Waals surface area contributed by atoms with Gasteiger partial charge >= 0.3 is 19.8 Å². The summed E-state index contributed by atoms with van der Waals surface area (Å²) in [5.74, 6) is -1.16. The molecule has 12 heteroatoms. The van der Waals surface area contributed by atoms with E-state index in [1.165, 1.54) is 38.5 Å². The predicted octanol–water partition coefficient (Wildman–Crippen LogP) is 10.7. The Kier molecular flexibility index (Phi) is 39.9. The maximum Gasteiger partial charge on any atom is 0.472 e. The zero-order valence-corrected chi connectivity index (χ0v) is 37.4. The van der Waals surface area contributed by atoms with Crippen LogP contribution in [0.5, 0.6) is 0 Å². The minimum atomic E-state index is -4.68. The quantitative estimate of drug-likeness (QED) is 0.0153. The monoisotopic (exact) mass is 861 g/mol. The highest BCUT2D eigenvalue weighted by Crippen LogP contribution is 2.43. The first-order chi connectivity index (χ1) is 29.1. The molecule has 0 aliphatic carbocycles. The molecule has 4 N–H and O–H groups in total. The van der Waals surface area contributed by atoms with Crippen LogP contribution in [0.3, 0.4) is 0 Å². The summed E-state index contributed by atoms with van der Waals surface area (Å²) >= 11 is 0. The van der Waals surface area contributed by atoms with E-state index in [4.69, 9.17) is 19.1 Å². The van der Waals surface area contributed by atoms with Gasteiger partial charge in [-0.15, -0.1) is 0 Å². The summed E-state index contributed by atoms with van der Waals surface area (Å²) in [6, 6.07) is 0. The molecule has 0 rings (SSSR count). The zero-order chi connectivity index (χ0) is 44.2. The molecule has 0 aliphatic heterocycles. The summed E-state index contributed by atoms with van der Waals surface area (Å²) < 4.78 is 32.5. The maximum atomic E-state index is 12.6. The second-order valence-electron chi connectivity index (χ2n) is 14.2. The van der Waals surface area contributed by atoms with E-state index in [1.807, 2.05) is 30.4 Å². The van der Waals surface area contributed by atoms with Gasteiger partial charge in [-0.05, 0) is 83.5 Å². The van der Waals surface area contributed by atoms with Gasteiger partial charge in [-0.25, -0.2) is 4.57 Å². The minimum Gasteiger partial charge on any atom is -0.462 e. The molecule has 0 saturated carbocycles. The molecular weight excluding hydrogens is 783 g/mol. The van der Waals surface area contributed by atoms with E-state index in [0.29, 0.717) is 25.7 Å². The van der Waals surface area contributed by atoms with Gasteiger partial charge in [-0.3, -0.25) is 18.6 Å². The highest BCUT2D eigenvalue weighted by molar-refractivity contribution is 7.47. The fraction of sp³-hybridized carbons (Fsp3) is 0.583. The summed E-state index contributed by atoms with van der Waals surface area (Å²) in [5.41, 5.74) is 0. The third-order valence-electron chi connectivity index (χ3n) is 8.49. The standard InChI is InChI=1S/C48H77O11P/c1-3-5-7-9-11-13-14-15-16-17-18-19-20-21-22-24-26-30-34-38-47(52)56-42-46(43-58-60(54,55)57-41-45(51)40-49)59-48(53)39-35-31-27-29-33-37-44(50)36-32-28-25-23-12-10-8-6-4-2/h11-13,15-16,18-19,21-23,26-30,32-33,37,44-46,49-51H,3-10,14,17,20,24-25,31,34-36,38-43H2,1-2H3,(H,54,55)/b13-11-,16-15-,19-18-,22-21-,23-12-,29-27+,30-26-,32-28-,37-33-/t44?,45-,46+/m0/s1. The van der Waals surface area contributed by atoms with Crippen molar-refractivity contribution in [3.63, 3.8) is 0 Å². The average Bonchev–Trinajstić information content (AvgIpc) is 3.23. The van der Waals surface area contributed by atoms with E-state index in [2.05, 4.69) is 79.1 Å². The lowest BCUT2D eigenvalue weighted by molar-refractivity contribution is -0.161. The Hall–Kier alpha value is -3.41. The van der Waals surface area contributed by atoms with Gasteiger partial charge in [0.15, 0.2) is 6.10 Å². The number of ether oxygens (including phenoxy) is 2. The van der Waals surface area contributed by atoms with Gasteiger partial charge in [0.25, 0.3) is 0 Å². The fourth-order valence-electron chi connectivity index (χ4n) is 5.05. The van der Waals surface area contributed by atoms with Crippen LogP contribution in [0.4, 0.5) is 0 Å². The number of unbranched alkanes of at least 4 members (excludes halogenated alkanes) is 7. The summed E-state index contributed by atoms with van der Waals surface area (Å²) in [7, 11) is -4.68.